The molecule has 0 N–H and O–H groups in total. The Hall–Kier alpha value is -3.16. The van der Waals surface area contributed by atoms with Gasteiger partial charge in [-0.15, -0.1) is 0 Å². The van der Waals surface area contributed by atoms with Gasteiger partial charge in [0.25, 0.3) is 5.91 Å². The number of anilines is 1. The monoisotopic (exact) mass is 473 g/mol. The summed E-state index contributed by atoms with van der Waals surface area (Å²) < 4.78 is 5.38. The molecular formula is C26H23N3O2S2. The number of nitrogens with zero attached hydrogens (tertiary/aromatic N) is 3. The molecule has 7 heteroatoms. The molecule has 0 atom stereocenters. The lowest BCUT2D eigenvalue weighted by molar-refractivity contribution is -0.122. The quantitative estimate of drug-likeness (QED) is 0.413. The zero-order valence-corrected chi connectivity index (χ0v) is 20.2. The number of thioether (sulfide) groups is 2. The Morgan fingerprint density at radius 2 is 1.73 bits per heavy atom. The summed E-state index contributed by atoms with van der Waals surface area (Å²) in [7, 11) is 3.65. The van der Waals surface area contributed by atoms with Crippen LogP contribution in [0.4, 0.5) is 11.4 Å². The molecule has 0 spiro atoms. The summed E-state index contributed by atoms with van der Waals surface area (Å²) in [6.07, 6.45) is 0. The first-order valence-electron chi connectivity index (χ1n) is 10.7. The van der Waals surface area contributed by atoms with E-state index in [0.29, 0.717) is 16.6 Å². The maximum absolute atomic E-state index is 13.4. The van der Waals surface area contributed by atoms with Gasteiger partial charge in [0.1, 0.15) is 10.7 Å². The Morgan fingerprint density at radius 3 is 2.48 bits per heavy atom. The third-order valence-electron chi connectivity index (χ3n) is 5.62. The standard InChI is InChI=1S/C26H23N3O2S2/c1-4-29-24(30)23(25-28(2)21-16-18(31-3)14-15-22(21)32-25)33-26(29)27-20-13-9-8-12-19(20)17-10-6-5-7-11-17/h5-16H,4H2,1-3H3/b25-23-,27-26?. The first-order chi connectivity index (χ1) is 16.1. The van der Waals surface area contributed by atoms with Crippen molar-refractivity contribution in [3.8, 4) is 16.9 Å². The molecule has 2 aliphatic rings. The number of benzene rings is 3. The predicted molar refractivity (Wildman–Crippen MR) is 138 cm³/mol. The fourth-order valence-electron chi connectivity index (χ4n) is 3.89. The second kappa shape index (κ2) is 9.00. The topological polar surface area (TPSA) is 45.1 Å². The smallest absolute Gasteiger partial charge is 0.269 e. The molecule has 2 aliphatic heterocycles. The largest absolute Gasteiger partial charge is 0.497 e. The number of hydrogen-bond acceptors (Lipinski definition) is 6. The lowest BCUT2D eigenvalue weighted by Crippen LogP contribution is -2.29. The number of amides is 1. The minimum Gasteiger partial charge on any atom is -0.497 e. The van der Waals surface area contributed by atoms with Gasteiger partial charge in [-0.2, -0.15) is 0 Å². The Bertz CT molecular complexity index is 1290. The maximum Gasteiger partial charge on any atom is 0.269 e. The van der Waals surface area contributed by atoms with E-state index in [4.69, 9.17) is 9.73 Å². The van der Waals surface area contributed by atoms with Crippen molar-refractivity contribution >= 4 is 46.0 Å². The van der Waals surface area contributed by atoms with Crippen LogP contribution < -0.4 is 9.64 Å². The summed E-state index contributed by atoms with van der Waals surface area (Å²) >= 11 is 3.06. The van der Waals surface area contributed by atoms with Crippen LogP contribution in [0.25, 0.3) is 11.1 Å². The highest BCUT2D eigenvalue weighted by Crippen LogP contribution is 2.51. The third-order valence-corrected chi connectivity index (χ3v) is 8.05. The number of para-hydroxylation sites is 1. The van der Waals surface area contributed by atoms with E-state index in [-0.39, 0.29) is 5.91 Å². The van der Waals surface area contributed by atoms with Gasteiger partial charge < -0.3 is 9.64 Å². The van der Waals surface area contributed by atoms with E-state index in [1.165, 1.54) is 11.8 Å². The zero-order chi connectivity index (χ0) is 22.9. The van der Waals surface area contributed by atoms with Gasteiger partial charge >= 0.3 is 0 Å². The Kier molecular flexibility index (Phi) is 5.91. The van der Waals surface area contributed by atoms with Crippen molar-refractivity contribution < 1.29 is 9.53 Å². The number of aliphatic imine (C=N–C) groups is 1. The number of rotatable bonds is 4. The summed E-state index contributed by atoms with van der Waals surface area (Å²) in [5.74, 6) is 0.792. The van der Waals surface area contributed by atoms with Crippen LogP contribution in [0.1, 0.15) is 6.92 Å². The summed E-state index contributed by atoms with van der Waals surface area (Å²) in [5, 5.41) is 1.63. The number of carbonyl (C=O) groups is 1. The van der Waals surface area contributed by atoms with E-state index in [1.54, 1.807) is 23.8 Å². The number of fused-ring (bicyclic) bond motifs is 1. The minimum absolute atomic E-state index is 0.00689. The number of hydrogen-bond donors (Lipinski definition) is 0. The van der Waals surface area contributed by atoms with Crippen molar-refractivity contribution in [1.29, 1.82) is 0 Å². The molecule has 0 aromatic heterocycles. The van der Waals surface area contributed by atoms with E-state index in [9.17, 15) is 4.79 Å². The molecule has 1 amide bonds. The molecule has 0 bridgehead atoms. The van der Waals surface area contributed by atoms with E-state index >= 15 is 0 Å². The van der Waals surface area contributed by atoms with Crippen molar-refractivity contribution in [2.75, 3.05) is 25.6 Å². The van der Waals surface area contributed by atoms with Gasteiger partial charge in [-0.3, -0.25) is 9.69 Å². The summed E-state index contributed by atoms with van der Waals surface area (Å²) in [5.41, 5.74) is 4.04. The van der Waals surface area contributed by atoms with Gasteiger partial charge in [0.05, 0.1) is 23.5 Å². The summed E-state index contributed by atoms with van der Waals surface area (Å²) in [6.45, 7) is 2.54. The molecule has 3 aromatic rings. The Morgan fingerprint density at radius 1 is 0.970 bits per heavy atom. The van der Waals surface area contributed by atoms with Crippen LogP contribution in [-0.4, -0.2) is 36.7 Å². The lowest BCUT2D eigenvalue weighted by atomic mass is 10.0. The van der Waals surface area contributed by atoms with E-state index < -0.39 is 0 Å². The van der Waals surface area contributed by atoms with E-state index in [2.05, 4.69) is 23.1 Å². The highest BCUT2D eigenvalue weighted by atomic mass is 32.2. The molecule has 0 unspecified atom stereocenters. The van der Waals surface area contributed by atoms with Crippen molar-refractivity contribution in [2.24, 2.45) is 4.99 Å². The predicted octanol–water partition coefficient (Wildman–Crippen LogP) is 6.36. The molecule has 0 radical (unpaired) electrons. The van der Waals surface area contributed by atoms with Crippen LogP contribution in [0.5, 0.6) is 5.75 Å². The molecule has 3 aromatic carbocycles. The van der Waals surface area contributed by atoms with E-state index in [0.717, 1.165) is 38.2 Å². The fourth-order valence-corrected chi connectivity index (χ4v) is 6.27. The molecule has 5 rings (SSSR count). The molecule has 0 saturated carbocycles. The van der Waals surface area contributed by atoms with Crippen LogP contribution in [0.2, 0.25) is 0 Å². The minimum atomic E-state index is -0.00689. The second-order valence-corrected chi connectivity index (χ2v) is 9.57. The van der Waals surface area contributed by atoms with Gasteiger partial charge in [0, 0.05) is 30.1 Å². The molecule has 2 heterocycles. The molecule has 1 fully saturated rings. The lowest BCUT2D eigenvalue weighted by Gasteiger charge is -2.15. The normalized spacial score (nSPS) is 18.9. The summed E-state index contributed by atoms with van der Waals surface area (Å²) in [6, 6.07) is 24.2. The van der Waals surface area contributed by atoms with Crippen molar-refractivity contribution in [3.05, 3.63) is 82.7 Å². The number of methoxy groups -OCH3 is 1. The average Bonchev–Trinajstić information content (AvgIpc) is 3.35. The van der Waals surface area contributed by atoms with Crippen LogP contribution in [0.15, 0.2) is 92.6 Å². The Balaban J connectivity index is 1.54. The van der Waals surface area contributed by atoms with Gasteiger partial charge in [0.2, 0.25) is 0 Å². The molecule has 0 aliphatic carbocycles. The first-order valence-corrected chi connectivity index (χ1v) is 12.3. The van der Waals surface area contributed by atoms with Crippen LogP contribution in [-0.2, 0) is 4.79 Å². The third kappa shape index (κ3) is 3.92. The molecular weight excluding hydrogens is 450 g/mol. The zero-order valence-electron chi connectivity index (χ0n) is 18.6. The van der Waals surface area contributed by atoms with Crippen molar-refractivity contribution in [2.45, 2.75) is 11.8 Å². The highest BCUT2D eigenvalue weighted by molar-refractivity contribution is 8.19. The highest BCUT2D eigenvalue weighted by Gasteiger charge is 2.38. The van der Waals surface area contributed by atoms with Crippen molar-refractivity contribution in [1.82, 2.24) is 4.90 Å². The number of ether oxygens (including phenoxy) is 1. The number of amidine groups is 1. The summed E-state index contributed by atoms with van der Waals surface area (Å²) in [4.78, 5) is 24.0. The van der Waals surface area contributed by atoms with Gasteiger partial charge in [-0.25, -0.2) is 4.99 Å². The average molecular weight is 474 g/mol. The van der Waals surface area contributed by atoms with Gasteiger partial charge in [0.15, 0.2) is 5.17 Å². The number of carbonyl (C=O) groups excluding carboxylic acids is 1. The van der Waals surface area contributed by atoms with Crippen LogP contribution in [0, 0.1) is 0 Å². The van der Waals surface area contributed by atoms with Crippen LogP contribution in [0.3, 0.4) is 0 Å². The number of likely N-dealkylation sites (N-methyl/N-ethyl adjacent to an activating group) is 1. The van der Waals surface area contributed by atoms with Crippen molar-refractivity contribution in [3.63, 3.8) is 0 Å². The fraction of sp³-hybridized carbons (Fsp3) is 0.154. The molecule has 33 heavy (non-hydrogen) atoms. The molecule has 1 saturated heterocycles. The first kappa shape index (κ1) is 21.7. The maximum atomic E-state index is 13.4. The van der Waals surface area contributed by atoms with E-state index in [1.807, 2.05) is 68.6 Å². The van der Waals surface area contributed by atoms with Crippen LogP contribution >= 0.6 is 23.5 Å². The second-order valence-electron chi connectivity index (χ2n) is 7.56. The molecule has 5 nitrogen and oxygen atoms in total. The van der Waals surface area contributed by atoms with Gasteiger partial charge in [-0.1, -0.05) is 60.3 Å². The molecule has 166 valence electrons. The SMILES string of the molecule is CCN1C(=O)/C(=C2/Sc3ccc(OC)cc3N2C)SC1=Nc1ccccc1-c1ccccc1. The Labute approximate surface area is 202 Å². The van der Waals surface area contributed by atoms with Gasteiger partial charge in [-0.05, 0) is 42.4 Å².